The van der Waals surface area contributed by atoms with Crippen LogP contribution in [0.15, 0.2) is 90.0 Å². The summed E-state index contributed by atoms with van der Waals surface area (Å²) in [6.45, 7) is 2.39. The van der Waals surface area contributed by atoms with Crippen molar-refractivity contribution in [3.05, 3.63) is 112 Å². The third kappa shape index (κ3) is 13.4. The number of halogens is 1. The lowest BCUT2D eigenvalue weighted by Gasteiger charge is -2.17. The van der Waals surface area contributed by atoms with Crippen molar-refractivity contribution >= 4 is 52.7 Å². The van der Waals surface area contributed by atoms with Crippen molar-refractivity contribution in [1.29, 1.82) is 0 Å². The summed E-state index contributed by atoms with van der Waals surface area (Å²) >= 11 is 7.86. The van der Waals surface area contributed by atoms with Gasteiger partial charge in [-0.15, -0.1) is 11.8 Å². The molecule has 274 valence electrons. The Hall–Kier alpha value is -4.79. The summed E-state index contributed by atoms with van der Waals surface area (Å²) in [6, 6.07) is 23.3. The number of aromatic nitrogens is 1. The van der Waals surface area contributed by atoms with Gasteiger partial charge in [-0.05, 0) is 65.7 Å². The Labute approximate surface area is 311 Å². The van der Waals surface area contributed by atoms with E-state index in [4.69, 9.17) is 36.7 Å². The van der Waals surface area contributed by atoms with E-state index < -0.39 is 11.9 Å². The van der Waals surface area contributed by atoms with Crippen LogP contribution in [0.5, 0.6) is 0 Å². The third-order valence-electron chi connectivity index (χ3n) is 7.60. The lowest BCUT2D eigenvalue weighted by molar-refractivity contribution is -0.138. The predicted molar refractivity (Wildman–Crippen MR) is 200 cm³/mol. The van der Waals surface area contributed by atoms with Gasteiger partial charge in [0.15, 0.2) is 0 Å². The fraction of sp³-hybridized carbons (Fsp3) is 0.289. The van der Waals surface area contributed by atoms with Crippen molar-refractivity contribution in [2.45, 2.75) is 23.5 Å². The molecule has 4 aromatic rings. The highest BCUT2D eigenvalue weighted by atomic mass is 35.5. The molecule has 4 rings (SSSR count). The molecule has 0 aliphatic heterocycles. The number of benzene rings is 3. The van der Waals surface area contributed by atoms with Crippen molar-refractivity contribution in [2.75, 3.05) is 58.6 Å². The molecule has 52 heavy (non-hydrogen) atoms. The highest BCUT2D eigenvalue weighted by molar-refractivity contribution is 7.98. The predicted octanol–water partition coefficient (Wildman–Crippen LogP) is 5.57. The number of nitrogens with two attached hydrogens (primary N) is 1. The number of rotatable bonds is 21. The summed E-state index contributed by atoms with van der Waals surface area (Å²) in [4.78, 5) is 55.3. The number of hydrogen-bond donors (Lipinski definition) is 3. The number of carbonyl (C=O) groups is 4. The Balaban J connectivity index is 1.23. The van der Waals surface area contributed by atoms with Crippen LogP contribution in [0.2, 0.25) is 5.02 Å². The molecular formula is C38H41ClN4O8S. The molecule has 0 atom stereocenters. The minimum Gasteiger partial charge on any atom is -0.481 e. The lowest BCUT2D eigenvalue weighted by atomic mass is 10.1. The fourth-order valence-corrected chi connectivity index (χ4v) is 5.91. The van der Waals surface area contributed by atoms with Gasteiger partial charge >= 0.3 is 5.97 Å². The Bertz CT molecular complexity index is 1840. The lowest BCUT2D eigenvalue weighted by Crippen LogP contribution is -2.31. The molecule has 0 aliphatic carbocycles. The van der Waals surface area contributed by atoms with Gasteiger partial charge in [0.25, 0.3) is 5.91 Å². The van der Waals surface area contributed by atoms with Crippen molar-refractivity contribution in [2.24, 2.45) is 5.73 Å². The first kappa shape index (κ1) is 40.0. The molecule has 0 saturated carbocycles. The smallest absolute Gasteiger partial charge is 0.305 e. The molecular weight excluding hydrogens is 708 g/mol. The molecule has 0 radical (unpaired) electrons. The molecule has 3 amide bonds. The summed E-state index contributed by atoms with van der Waals surface area (Å²) in [6.07, 6.45) is 1.69. The molecule has 0 unspecified atom stereocenters. The quantitative estimate of drug-likeness (QED) is 0.0723. The van der Waals surface area contributed by atoms with Crippen molar-refractivity contribution in [1.82, 2.24) is 9.88 Å². The summed E-state index contributed by atoms with van der Waals surface area (Å²) in [7, 11) is 1.74. The van der Waals surface area contributed by atoms with Crippen molar-refractivity contribution < 1.29 is 38.5 Å². The van der Waals surface area contributed by atoms with Gasteiger partial charge in [0, 0.05) is 52.2 Å². The normalized spacial score (nSPS) is 10.9. The zero-order chi connectivity index (χ0) is 37.3. The van der Waals surface area contributed by atoms with Crippen LogP contribution < -0.4 is 11.1 Å². The first-order valence-corrected chi connectivity index (χ1v) is 17.8. The van der Waals surface area contributed by atoms with Crippen LogP contribution in [0.25, 0.3) is 11.3 Å². The fourth-order valence-electron chi connectivity index (χ4n) is 4.81. The second kappa shape index (κ2) is 20.9. The number of carboxylic acids is 1. The number of hydrogen-bond acceptors (Lipinski definition) is 9. The molecule has 0 bridgehead atoms. The van der Waals surface area contributed by atoms with E-state index in [1.165, 1.54) is 12.3 Å². The van der Waals surface area contributed by atoms with E-state index in [0.29, 0.717) is 72.9 Å². The number of primary amides is 1. The Kier molecular flexibility index (Phi) is 16.1. The van der Waals surface area contributed by atoms with Crippen LogP contribution in [-0.4, -0.2) is 91.9 Å². The van der Waals surface area contributed by atoms with E-state index in [9.17, 15) is 19.2 Å². The standard InChI is InChI=1S/C38H41ClN4O8S/c1-43(13-15-50-17-19-51-18-16-49-14-11-36(45)46)35(44)22-26-4-3-7-31(21-26)52-25-27-5-2-6-29(20-27)38(48)42-33-9-8-30(39)24-32(33)34-23-28(37(40)47)10-12-41-34/h2-10,12,20-21,23-24H,11,13-19,22,25H2,1H3,(H2,40,47)(H,42,48)(H,45,46). The number of carbonyl (C=O) groups excluding carboxylic acids is 3. The Morgan fingerprint density at radius 3 is 2.31 bits per heavy atom. The topological polar surface area (TPSA) is 170 Å². The minimum absolute atomic E-state index is 0.0283. The second-order valence-corrected chi connectivity index (χ2v) is 13.0. The largest absolute Gasteiger partial charge is 0.481 e. The number of nitrogens with zero attached hydrogens (tertiary/aromatic N) is 2. The second-order valence-electron chi connectivity index (χ2n) is 11.5. The molecule has 0 spiro atoms. The van der Waals surface area contributed by atoms with E-state index in [-0.39, 0.29) is 36.8 Å². The van der Waals surface area contributed by atoms with Crippen LogP contribution in [0.4, 0.5) is 5.69 Å². The van der Waals surface area contributed by atoms with Gasteiger partial charge in [-0.2, -0.15) is 0 Å². The maximum Gasteiger partial charge on any atom is 0.305 e. The Morgan fingerprint density at radius 1 is 0.846 bits per heavy atom. The number of anilines is 1. The highest BCUT2D eigenvalue weighted by Crippen LogP contribution is 2.31. The van der Waals surface area contributed by atoms with Crippen LogP contribution in [-0.2, 0) is 36.0 Å². The number of pyridine rings is 1. The molecule has 1 aromatic heterocycles. The highest BCUT2D eigenvalue weighted by Gasteiger charge is 2.15. The molecule has 12 nitrogen and oxygen atoms in total. The summed E-state index contributed by atoms with van der Waals surface area (Å²) in [5, 5.41) is 12.0. The number of amides is 3. The molecule has 0 fully saturated rings. The van der Waals surface area contributed by atoms with Crippen molar-refractivity contribution in [3.63, 3.8) is 0 Å². The number of carboxylic acid groups (broad SMARTS) is 1. The average Bonchev–Trinajstić information content (AvgIpc) is 3.13. The van der Waals surface area contributed by atoms with Crippen LogP contribution >= 0.6 is 23.4 Å². The zero-order valence-electron chi connectivity index (χ0n) is 28.7. The van der Waals surface area contributed by atoms with E-state index >= 15 is 0 Å². The van der Waals surface area contributed by atoms with Gasteiger partial charge in [-0.25, -0.2) is 0 Å². The third-order valence-corrected chi connectivity index (χ3v) is 8.90. The number of likely N-dealkylation sites (N-methyl/N-ethyl adjacent to an activating group) is 1. The van der Waals surface area contributed by atoms with Crippen LogP contribution in [0.3, 0.4) is 0 Å². The monoisotopic (exact) mass is 748 g/mol. The minimum atomic E-state index is -0.899. The summed E-state index contributed by atoms with van der Waals surface area (Å²) in [5.41, 5.74) is 9.51. The molecule has 0 saturated heterocycles. The molecule has 0 aliphatic rings. The van der Waals surface area contributed by atoms with Gasteiger partial charge in [-0.3, -0.25) is 24.2 Å². The number of ether oxygens (including phenoxy) is 3. The SMILES string of the molecule is CN(CCOCCOCCOCCC(=O)O)C(=O)Cc1cccc(SCc2cccc(C(=O)Nc3ccc(Cl)cc3-c3cc(C(N)=O)ccn3)c2)c1. The number of aliphatic carboxylic acids is 1. The van der Waals surface area contributed by atoms with Gasteiger partial charge in [0.05, 0.1) is 63.9 Å². The number of nitrogens with one attached hydrogen (secondary N) is 1. The zero-order valence-corrected chi connectivity index (χ0v) is 30.3. The van der Waals surface area contributed by atoms with Gasteiger partial charge < -0.3 is 35.3 Å². The van der Waals surface area contributed by atoms with Crippen LogP contribution in [0, 0.1) is 0 Å². The van der Waals surface area contributed by atoms with E-state index in [2.05, 4.69) is 10.3 Å². The van der Waals surface area contributed by atoms with Gasteiger partial charge in [0.2, 0.25) is 11.8 Å². The van der Waals surface area contributed by atoms with Crippen LogP contribution in [0.1, 0.15) is 38.3 Å². The first-order valence-electron chi connectivity index (χ1n) is 16.5. The summed E-state index contributed by atoms with van der Waals surface area (Å²) in [5.74, 6) is -1.23. The maximum atomic E-state index is 13.4. The molecule has 3 aromatic carbocycles. The van der Waals surface area contributed by atoms with E-state index in [0.717, 1.165) is 16.0 Å². The Morgan fingerprint density at radius 2 is 1.56 bits per heavy atom. The average molecular weight is 749 g/mol. The van der Waals surface area contributed by atoms with Gasteiger partial charge in [0.1, 0.15) is 0 Å². The molecule has 1 heterocycles. The van der Waals surface area contributed by atoms with Gasteiger partial charge in [-0.1, -0.05) is 35.9 Å². The molecule has 14 heteroatoms. The van der Waals surface area contributed by atoms with E-state index in [1.807, 2.05) is 42.5 Å². The maximum absolute atomic E-state index is 13.4. The summed E-state index contributed by atoms with van der Waals surface area (Å²) < 4.78 is 16.1. The van der Waals surface area contributed by atoms with Crippen molar-refractivity contribution in [3.8, 4) is 11.3 Å². The molecule has 4 N–H and O–H groups in total. The first-order chi connectivity index (χ1) is 25.1. The number of thioether (sulfide) groups is 1. The van der Waals surface area contributed by atoms with E-state index in [1.54, 1.807) is 54.0 Å².